The molecule has 0 radical (unpaired) electrons. The molecule has 0 saturated carbocycles. The van der Waals surface area contributed by atoms with Gasteiger partial charge in [-0.3, -0.25) is 4.79 Å². The number of rotatable bonds is 6. The van der Waals surface area contributed by atoms with Crippen molar-refractivity contribution in [3.05, 3.63) is 60.1 Å². The van der Waals surface area contributed by atoms with Gasteiger partial charge in [-0.15, -0.1) is 0 Å². The van der Waals surface area contributed by atoms with E-state index in [1.54, 1.807) is 19.4 Å². The molecule has 3 rings (SSSR count). The number of halogens is 2. The Balaban J connectivity index is 2.05. The minimum Gasteiger partial charge on any atom is -0.493 e. The lowest BCUT2D eigenvalue weighted by Crippen LogP contribution is -2.23. The molecule has 170 valence electrons. The monoisotopic (exact) mass is 611 g/mol. The molecule has 0 unspecified atom stereocenters. The summed E-state index contributed by atoms with van der Waals surface area (Å²) in [6.07, 6.45) is 1.65. The van der Waals surface area contributed by atoms with Crippen LogP contribution in [0.3, 0.4) is 0 Å². The molecule has 0 N–H and O–H groups in total. The van der Waals surface area contributed by atoms with Crippen molar-refractivity contribution in [3.8, 4) is 11.5 Å². The lowest BCUT2D eigenvalue weighted by molar-refractivity contribution is 0.190. The summed E-state index contributed by atoms with van der Waals surface area (Å²) in [5.41, 5.74) is 1.28. The lowest BCUT2D eigenvalue weighted by Gasteiger charge is -2.21. The summed E-state index contributed by atoms with van der Waals surface area (Å²) < 4.78 is 14.7. The number of benzene rings is 2. The largest absolute Gasteiger partial charge is 0.493 e. The molecule has 32 heavy (non-hydrogen) atoms. The average molecular weight is 612 g/mol. The molecule has 0 saturated heterocycles. The smallest absolute Gasteiger partial charge is 0.282 e. The first-order chi connectivity index (χ1) is 15.0. The standard InChI is InChI=1S/C24H27BrIN3O3/c1-14(2)22-28-19-8-7-16(25)11-17(19)23(30)29(22)27-12-15-9-18(26)21(20(10-15)31-6)32-13-24(3,4)5/h7-12,14H,13H2,1-6H3. The molecule has 8 heteroatoms. The molecule has 0 atom stereocenters. The van der Waals surface area contributed by atoms with Crippen LogP contribution in [0.2, 0.25) is 0 Å². The van der Waals surface area contributed by atoms with Gasteiger partial charge in [-0.05, 0) is 63.9 Å². The molecule has 3 aromatic rings. The molecule has 0 aliphatic rings. The van der Waals surface area contributed by atoms with E-state index in [-0.39, 0.29) is 16.9 Å². The number of nitrogens with zero attached hydrogens (tertiary/aromatic N) is 3. The Morgan fingerprint density at radius 1 is 1.25 bits per heavy atom. The second-order valence-corrected chi connectivity index (χ2v) is 11.1. The van der Waals surface area contributed by atoms with Crippen LogP contribution in [0, 0.1) is 8.99 Å². The molecular weight excluding hydrogens is 585 g/mol. The minimum absolute atomic E-state index is 0.0238. The first-order valence-electron chi connectivity index (χ1n) is 10.3. The Kier molecular flexibility index (Phi) is 7.65. The Morgan fingerprint density at radius 2 is 1.97 bits per heavy atom. The molecule has 0 aliphatic carbocycles. The lowest BCUT2D eigenvalue weighted by atomic mass is 9.99. The summed E-state index contributed by atoms with van der Waals surface area (Å²) in [6, 6.07) is 9.30. The van der Waals surface area contributed by atoms with Crippen molar-refractivity contribution in [3.63, 3.8) is 0 Å². The van der Waals surface area contributed by atoms with Gasteiger partial charge in [-0.2, -0.15) is 9.78 Å². The van der Waals surface area contributed by atoms with Crippen LogP contribution >= 0.6 is 38.5 Å². The Labute approximate surface area is 210 Å². The summed E-state index contributed by atoms with van der Waals surface area (Å²) in [5.74, 6) is 1.96. The van der Waals surface area contributed by atoms with E-state index in [9.17, 15) is 4.79 Å². The Hall–Kier alpha value is -1.94. The highest BCUT2D eigenvalue weighted by Gasteiger charge is 2.17. The zero-order valence-corrected chi connectivity index (χ0v) is 22.8. The maximum Gasteiger partial charge on any atom is 0.282 e. The average Bonchev–Trinajstić information content (AvgIpc) is 2.71. The minimum atomic E-state index is -0.206. The van der Waals surface area contributed by atoms with Gasteiger partial charge in [-0.1, -0.05) is 50.5 Å². The van der Waals surface area contributed by atoms with E-state index in [0.717, 1.165) is 13.6 Å². The van der Waals surface area contributed by atoms with Gasteiger partial charge in [0.05, 0.1) is 34.4 Å². The fraction of sp³-hybridized carbons (Fsp3) is 0.375. The number of methoxy groups -OCH3 is 1. The second kappa shape index (κ2) is 9.91. The zero-order valence-electron chi connectivity index (χ0n) is 19.1. The third kappa shape index (κ3) is 5.70. The predicted octanol–water partition coefficient (Wildman–Crippen LogP) is 6.20. The molecule has 0 bridgehead atoms. The summed E-state index contributed by atoms with van der Waals surface area (Å²) in [5, 5.41) is 5.02. The van der Waals surface area contributed by atoms with E-state index in [4.69, 9.17) is 9.47 Å². The van der Waals surface area contributed by atoms with Gasteiger partial charge in [0.25, 0.3) is 5.56 Å². The molecule has 0 spiro atoms. The van der Waals surface area contributed by atoms with Crippen LogP contribution in [-0.2, 0) is 0 Å². The van der Waals surface area contributed by atoms with Gasteiger partial charge in [0.15, 0.2) is 11.5 Å². The molecule has 1 heterocycles. The molecule has 2 aromatic carbocycles. The highest BCUT2D eigenvalue weighted by molar-refractivity contribution is 14.1. The Morgan fingerprint density at radius 3 is 2.59 bits per heavy atom. The maximum atomic E-state index is 13.2. The predicted molar refractivity (Wildman–Crippen MR) is 141 cm³/mol. The van der Waals surface area contributed by atoms with E-state index in [1.165, 1.54) is 4.68 Å². The van der Waals surface area contributed by atoms with Crippen LogP contribution in [-0.4, -0.2) is 29.6 Å². The third-order valence-electron chi connectivity index (χ3n) is 4.57. The molecule has 0 amide bonds. The van der Waals surface area contributed by atoms with Crippen LogP contribution in [0.4, 0.5) is 0 Å². The second-order valence-electron chi connectivity index (χ2n) is 9.03. The molecule has 6 nitrogen and oxygen atoms in total. The normalized spacial score (nSPS) is 12.2. The zero-order chi connectivity index (χ0) is 23.6. The van der Waals surface area contributed by atoms with E-state index in [0.29, 0.717) is 34.8 Å². The maximum absolute atomic E-state index is 13.2. The van der Waals surface area contributed by atoms with Crippen LogP contribution in [0.1, 0.15) is 51.9 Å². The SMILES string of the molecule is COc1cc(C=Nn2c(C(C)C)nc3ccc(Br)cc3c2=O)cc(I)c1OCC(C)(C)C. The van der Waals surface area contributed by atoms with Crippen LogP contribution in [0.5, 0.6) is 11.5 Å². The highest BCUT2D eigenvalue weighted by atomic mass is 127. The van der Waals surface area contributed by atoms with Gasteiger partial charge < -0.3 is 9.47 Å². The first kappa shape index (κ1) is 24.7. The van der Waals surface area contributed by atoms with Crippen LogP contribution in [0.15, 0.2) is 44.7 Å². The van der Waals surface area contributed by atoms with Gasteiger partial charge in [-0.25, -0.2) is 4.98 Å². The van der Waals surface area contributed by atoms with Gasteiger partial charge in [0.2, 0.25) is 0 Å². The summed E-state index contributed by atoms with van der Waals surface area (Å²) >= 11 is 5.66. The quantitative estimate of drug-likeness (QED) is 0.246. The number of fused-ring (bicyclic) bond motifs is 1. The van der Waals surface area contributed by atoms with Gasteiger partial charge in [0.1, 0.15) is 5.82 Å². The number of hydrogen-bond donors (Lipinski definition) is 0. The summed E-state index contributed by atoms with van der Waals surface area (Å²) in [6.45, 7) is 10.9. The van der Waals surface area contributed by atoms with Crippen LogP contribution in [0.25, 0.3) is 10.9 Å². The molecular formula is C24H27BrIN3O3. The van der Waals surface area contributed by atoms with Gasteiger partial charge >= 0.3 is 0 Å². The Bertz CT molecular complexity index is 1230. The van der Waals surface area contributed by atoms with Crippen molar-refractivity contribution in [1.29, 1.82) is 0 Å². The van der Waals surface area contributed by atoms with E-state index in [2.05, 4.69) is 69.4 Å². The number of aromatic nitrogens is 2. The third-order valence-corrected chi connectivity index (χ3v) is 5.87. The summed E-state index contributed by atoms with van der Waals surface area (Å²) in [4.78, 5) is 17.9. The van der Waals surface area contributed by atoms with E-state index in [1.807, 2.05) is 38.1 Å². The van der Waals surface area contributed by atoms with Crippen molar-refractivity contribution < 1.29 is 9.47 Å². The van der Waals surface area contributed by atoms with Crippen molar-refractivity contribution in [1.82, 2.24) is 9.66 Å². The highest BCUT2D eigenvalue weighted by Crippen LogP contribution is 2.34. The van der Waals surface area contributed by atoms with Crippen molar-refractivity contribution >= 4 is 55.6 Å². The molecule has 0 aliphatic heterocycles. The molecule has 0 fully saturated rings. The summed E-state index contributed by atoms with van der Waals surface area (Å²) in [7, 11) is 1.61. The van der Waals surface area contributed by atoms with E-state index >= 15 is 0 Å². The molecule has 1 aromatic heterocycles. The first-order valence-corrected chi connectivity index (χ1v) is 12.1. The fourth-order valence-corrected chi connectivity index (χ4v) is 4.16. The fourth-order valence-electron chi connectivity index (χ4n) is 3.02. The van der Waals surface area contributed by atoms with Crippen molar-refractivity contribution in [2.45, 2.75) is 40.5 Å². The van der Waals surface area contributed by atoms with E-state index < -0.39 is 0 Å². The van der Waals surface area contributed by atoms with Crippen molar-refractivity contribution in [2.24, 2.45) is 10.5 Å². The van der Waals surface area contributed by atoms with Gasteiger partial charge in [0, 0.05) is 10.4 Å². The topological polar surface area (TPSA) is 65.7 Å². The number of hydrogen-bond acceptors (Lipinski definition) is 5. The van der Waals surface area contributed by atoms with Crippen molar-refractivity contribution in [2.75, 3.05) is 13.7 Å². The van der Waals surface area contributed by atoms with Crippen LogP contribution < -0.4 is 15.0 Å². The number of ether oxygens (including phenoxy) is 2.